The highest BCUT2D eigenvalue weighted by atomic mass is 16.2. The molecule has 1 atom stereocenters. The maximum atomic E-state index is 13.2. The van der Waals surface area contributed by atoms with Crippen LogP contribution in [0.2, 0.25) is 0 Å². The summed E-state index contributed by atoms with van der Waals surface area (Å²) in [5, 5.41) is 3.76. The van der Waals surface area contributed by atoms with Crippen molar-refractivity contribution in [2.45, 2.75) is 95.7 Å². The molecule has 8 heterocycles. The fraction of sp³-hybridized carbons (Fsp3) is 0.569. The number of carbonyl (C=O) groups is 3. The summed E-state index contributed by atoms with van der Waals surface area (Å²) in [7, 11) is 3.61. The van der Waals surface area contributed by atoms with Crippen LogP contribution in [-0.4, -0.2) is 142 Å². The highest BCUT2D eigenvalue weighted by Crippen LogP contribution is 2.37. The van der Waals surface area contributed by atoms with Gasteiger partial charge < -0.3 is 34.4 Å². The number of piperazine rings is 1. The van der Waals surface area contributed by atoms with E-state index in [4.69, 9.17) is 15.0 Å². The average molecular weight is 882 g/mol. The normalized spacial score (nSPS) is 22.0. The van der Waals surface area contributed by atoms with Crippen molar-refractivity contribution in [1.29, 1.82) is 0 Å². The van der Waals surface area contributed by atoms with E-state index in [-0.39, 0.29) is 17.7 Å². The molecule has 1 aromatic carbocycles. The number of benzene rings is 1. The van der Waals surface area contributed by atoms with E-state index in [0.29, 0.717) is 37.5 Å². The lowest BCUT2D eigenvalue weighted by molar-refractivity contribution is -0.126. The molecule has 0 spiro atoms. The van der Waals surface area contributed by atoms with Gasteiger partial charge in [0.25, 0.3) is 11.8 Å². The zero-order valence-electron chi connectivity index (χ0n) is 38.6. The summed E-state index contributed by atoms with van der Waals surface area (Å²) in [6.45, 7) is 15.4. The number of anilines is 2. The van der Waals surface area contributed by atoms with E-state index in [2.05, 4.69) is 60.3 Å². The Bertz CT molecular complexity index is 2380. The molecule has 4 aromatic rings. The maximum Gasteiger partial charge on any atom is 0.270 e. The Morgan fingerprint density at radius 3 is 2.17 bits per heavy atom. The van der Waals surface area contributed by atoms with Gasteiger partial charge in [0.2, 0.25) is 5.91 Å². The van der Waals surface area contributed by atoms with Gasteiger partial charge in [0.15, 0.2) is 0 Å². The SMILES string of the molecule is C=C1CCC(N2Cc3cc(N4CCC(CC5CCN(CCN6CCN(c7ccc(Cc8ncc9cc(C(=O)N(C)C)n(C%10CCCC%10)c9n8)nc7)CC6)CC5)CC4)ccc3C2=O)C(=O)N1. The molecule has 0 bridgehead atoms. The molecule has 1 saturated carbocycles. The number of carbonyl (C=O) groups excluding carboxylic acids is 3. The zero-order chi connectivity index (χ0) is 44.6. The number of fused-ring (bicyclic) bond motifs is 2. The zero-order valence-corrected chi connectivity index (χ0v) is 38.6. The number of amides is 3. The number of hydrogen-bond acceptors (Lipinski definition) is 10. The molecule has 3 amide bonds. The van der Waals surface area contributed by atoms with Gasteiger partial charge in [-0.25, -0.2) is 9.97 Å². The van der Waals surface area contributed by atoms with Crippen LogP contribution in [-0.2, 0) is 17.8 Å². The Labute approximate surface area is 384 Å². The van der Waals surface area contributed by atoms with E-state index in [1.54, 1.807) is 23.9 Å². The Morgan fingerprint density at radius 2 is 1.48 bits per heavy atom. The summed E-state index contributed by atoms with van der Waals surface area (Å²) in [4.78, 5) is 67.2. The van der Waals surface area contributed by atoms with Crippen molar-refractivity contribution in [3.05, 3.63) is 89.4 Å². The molecule has 3 aromatic heterocycles. The van der Waals surface area contributed by atoms with E-state index in [1.165, 1.54) is 69.4 Å². The van der Waals surface area contributed by atoms with Crippen molar-refractivity contribution in [3.63, 3.8) is 0 Å². The quantitative estimate of drug-likeness (QED) is 0.178. The van der Waals surface area contributed by atoms with Gasteiger partial charge in [0.1, 0.15) is 23.2 Å². The second-order valence-electron chi connectivity index (χ2n) is 20.0. The number of piperidine rings is 3. The van der Waals surface area contributed by atoms with E-state index in [9.17, 15) is 14.4 Å². The minimum atomic E-state index is -0.418. The highest BCUT2D eigenvalue weighted by Gasteiger charge is 2.38. The third-order valence-electron chi connectivity index (χ3n) is 15.5. The van der Waals surface area contributed by atoms with Crippen molar-refractivity contribution in [2.24, 2.45) is 11.8 Å². The van der Waals surface area contributed by atoms with E-state index in [1.807, 2.05) is 24.5 Å². The van der Waals surface area contributed by atoms with Crippen LogP contribution >= 0.6 is 0 Å². The molecule has 5 aliphatic heterocycles. The van der Waals surface area contributed by atoms with Crippen LogP contribution in [0.1, 0.15) is 115 Å². The van der Waals surface area contributed by atoms with Gasteiger partial charge in [-0.3, -0.25) is 24.3 Å². The van der Waals surface area contributed by atoms with Crippen LogP contribution in [0.5, 0.6) is 0 Å². The number of allylic oxidation sites excluding steroid dienone is 1. The lowest BCUT2D eigenvalue weighted by atomic mass is 9.82. The minimum absolute atomic E-state index is 0.00956. The van der Waals surface area contributed by atoms with Gasteiger partial charge in [-0.05, 0) is 125 Å². The van der Waals surface area contributed by atoms with Gasteiger partial charge in [0.05, 0.1) is 18.3 Å². The number of likely N-dealkylation sites (tertiary alicyclic amines) is 1. The molecule has 1 aliphatic carbocycles. The molecule has 5 fully saturated rings. The first-order valence-electron chi connectivity index (χ1n) is 24.5. The first kappa shape index (κ1) is 43.5. The third kappa shape index (κ3) is 9.38. The second-order valence-corrected chi connectivity index (χ2v) is 20.0. The summed E-state index contributed by atoms with van der Waals surface area (Å²) in [5.74, 6) is 2.22. The number of nitrogens with one attached hydrogen (secondary N) is 1. The van der Waals surface area contributed by atoms with Crippen LogP contribution in [0.3, 0.4) is 0 Å². The summed E-state index contributed by atoms with van der Waals surface area (Å²) >= 11 is 0. The summed E-state index contributed by atoms with van der Waals surface area (Å²) < 4.78 is 2.18. The molecular formula is C51H67N11O3. The van der Waals surface area contributed by atoms with Gasteiger partial charge in [-0.1, -0.05) is 19.4 Å². The van der Waals surface area contributed by atoms with Gasteiger partial charge in [-0.15, -0.1) is 0 Å². The fourth-order valence-corrected chi connectivity index (χ4v) is 11.6. The average Bonchev–Trinajstić information content (AvgIpc) is 4.07. The van der Waals surface area contributed by atoms with Crippen molar-refractivity contribution >= 4 is 40.1 Å². The van der Waals surface area contributed by atoms with Gasteiger partial charge >= 0.3 is 0 Å². The molecule has 10 rings (SSSR count). The van der Waals surface area contributed by atoms with Crippen LogP contribution in [0.4, 0.5) is 11.4 Å². The molecule has 14 nitrogen and oxygen atoms in total. The lowest BCUT2D eigenvalue weighted by Crippen LogP contribution is -2.49. The Kier molecular flexibility index (Phi) is 12.6. The summed E-state index contributed by atoms with van der Waals surface area (Å²) in [6.07, 6.45) is 16.7. The van der Waals surface area contributed by atoms with E-state index >= 15 is 0 Å². The minimum Gasteiger partial charge on any atom is -0.372 e. The molecule has 14 heteroatoms. The number of rotatable bonds is 12. The van der Waals surface area contributed by atoms with E-state index in [0.717, 1.165) is 116 Å². The Hall–Kier alpha value is -5.34. The Balaban J connectivity index is 0.633. The molecule has 4 saturated heterocycles. The monoisotopic (exact) mass is 882 g/mol. The van der Waals surface area contributed by atoms with Crippen molar-refractivity contribution in [3.8, 4) is 0 Å². The third-order valence-corrected chi connectivity index (χ3v) is 15.5. The predicted molar refractivity (Wildman–Crippen MR) is 254 cm³/mol. The number of nitrogens with zero attached hydrogens (tertiary/aromatic N) is 10. The lowest BCUT2D eigenvalue weighted by Gasteiger charge is -2.39. The van der Waals surface area contributed by atoms with Gasteiger partial charge in [0, 0.05) is 113 Å². The van der Waals surface area contributed by atoms with Crippen molar-refractivity contribution in [1.82, 2.24) is 44.4 Å². The first-order chi connectivity index (χ1) is 31.6. The predicted octanol–water partition coefficient (Wildman–Crippen LogP) is 6.12. The van der Waals surface area contributed by atoms with E-state index < -0.39 is 6.04 Å². The van der Waals surface area contributed by atoms with Crippen LogP contribution in [0, 0.1) is 11.8 Å². The van der Waals surface area contributed by atoms with Crippen LogP contribution in [0.25, 0.3) is 11.0 Å². The van der Waals surface area contributed by atoms with Crippen molar-refractivity contribution < 1.29 is 14.4 Å². The largest absolute Gasteiger partial charge is 0.372 e. The fourth-order valence-electron chi connectivity index (χ4n) is 11.6. The molecule has 344 valence electrons. The molecule has 65 heavy (non-hydrogen) atoms. The number of hydrogen-bond donors (Lipinski definition) is 1. The van der Waals surface area contributed by atoms with Gasteiger partial charge in [-0.2, -0.15) is 0 Å². The maximum absolute atomic E-state index is 13.2. The van der Waals surface area contributed by atoms with Crippen LogP contribution < -0.4 is 15.1 Å². The number of aromatic nitrogens is 4. The highest BCUT2D eigenvalue weighted by molar-refractivity contribution is 6.02. The molecular weight excluding hydrogens is 815 g/mol. The molecule has 0 radical (unpaired) electrons. The Morgan fingerprint density at radius 1 is 0.785 bits per heavy atom. The standard InChI is InChI=1S/C51H67N11O3/c1-35-8-13-45(49(63)54-35)61-34-39-29-42(11-12-44(39)50(61)64)59-20-16-37(17-21-59)28-36-14-18-57(19-15-36)22-23-58-24-26-60(27-25-58)43-10-9-40(52-33-43)31-47-53-32-38-30-46(51(65)56(2)3)62(48(38)55-47)41-6-4-5-7-41/h9-12,29-30,32-33,36-37,41,45H,1,4-8,13-28,31,34H2,2-3H3,(H,54,63). The topological polar surface area (TPSA) is 126 Å². The second kappa shape index (κ2) is 18.9. The molecule has 6 aliphatic rings. The molecule has 1 N–H and O–H groups in total. The summed E-state index contributed by atoms with van der Waals surface area (Å²) in [6, 6.07) is 12.4. The summed E-state index contributed by atoms with van der Waals surface area (Å²) in [5.41, 5.74) is 7.41. The smallest absolute Gasteiger partial charge is 0.270 e. The van der Waals surface area contributed by atoms with Crippen LogP contribution in [0.15, 0.2) is 61.1 Å². The first-order valence-corrected chi connectivity index (χ1v) is 24.5. The van der Waals surface area contributed by atoms with Crippen molar-refractivity contribution in [2.75, 3.05) is 89.3 Å². The molecule has 1 unspecified atom stereocenters. The number of pyridine rings is 1.